The first-order chi connectivity index (χ1) is 11.9. The fourth-order valence-electron chi connectivity index (χ4n) is 3.72. The van der Waals surface area contributed by atoms with Crippen LogP contribution in [-0.2, 0) is 10.0 Å². The maximum Gasteiger partial charge on any atom is 0.255 e. The second kappa shape index (κ2) is 7.37. The first-order valence-electron chi connectivity index (χ1n) is 8.94. The molecule has 1 aromatic rings. The van der Waals surface area contributed by atoms with E-state index in [0.29, 0.717) is 44.1 Å². The maximum absolute atomic E-state index is 12.8. The minimum atomic E-state index is -3.25. The normalized spacial score (nSPS) is 26.4. The predicted molar refractivity (Wildman–Crippen MR) is 94.4 cm³/mol. The highest BCUT2D eigenvalue weighted by Crippen LogP contribution is 2.34. The second-order valence-electron chi connectivity index (χ2n) is 7.38. The van der Waals surface area contributed by atoms with Gasteiger partial charge in [0.15, 0.2) is 0 Å². The summed E-state index contributed by atoms with van der Waals surface area (Å²) in [6, 6.07) is 1.64. The van der Waals surface area contributed by atoms with Gasteiger partial charge in [-0.1, -0.05) is 13.8 Å². The van der Waals surface area contributed by atoms with Crippen LogP contribution in [0.5, 0.6) is 0 Å². The van der Waals surface area contributed by atoms with E-state index in [1.54, 1.807) is 15.3 Å². The lowest BCUT2D eigenvalue weighted by atomic mass is 10.0. The van der Waals surface area contributed by atoms with Crippen molar-refractivity contribution in [2.24, 2.45) is 11.8 Å². The van der Waals surface area contributed by atoms with E-state index in [4.69, 9.17) is 0 Å². The summed E-state index contributed by atoms with van der Waals surface area (Å²) in [5.41, 5.74) is 0.503. The summed E-state index contributed by atoms with van der Waals surface area (Å²) in [5, 5.41) is 7.08. The van der Waals surface area contributed by atoms with E-state index in [1.807, 2.05) is 0 Å². The van der Waals surface area contributed by atoms with E-state index >= 15 is 0 Å². The number of rotatable bonds is 4. The van der Waals surface area contributed by atoms with Crippen molar-refractivity contribution in [2.45, 2.75) is 38.4 Å². The Labute approximate surface area is 149 Å². The van der Waals surface area contributed by atoms with Crippen molar-refractivity contribution in [1.29, 1.82) is 0 Å². The Morgan fingerprint density at radius 2 is 2.04 bits per heavy atom. The van der Waals surface area contributed by atoms with Crippen LogP contribution in [0.4, 0.5) is 0 Å². The zero-order valence-electron chi connectivity index (χ0n) is 14.8. The molecule has 0 spiro atoms. The zero-order chi connectivity index (χ0) is 18.0. The lowest BCUT2D eigenvalue weighted by Gasteiger charge is -2.22. The molecule has 138 valence electrons. The van der Waals surface area contributed by atoms with Crippen LogP contribution in [-0.4, -0.2) is 65.2 Å². The number of aromatic nitrogens is 2. The van der Waals surface area contributed by atoms with Crippen LogP contribution in [0, 0.1) is 11.8 Å². The topological polar surface area (TPSA) is 83.5 Å². The smallest absolute Gasteiger partial charge is 0.255 e. The first-order valence-corrected chi connectivity index (χ1v) is 10.4. The van der Waals surface area contributed by atoms with E-state index in [0.717, 1.165) is 12.8 Å². The molecule has 0 N–H and O–H groups in total. The van der Waals surface area contributed by atoms with E-state index in [2.05, 4.69) is 24.0 Å². The third-order valence-electron chi connectivity index (χ3n) is 5.23. The van der Waals surface area contributed by atoms with Gasteiger partial charge in [-0.05, 0) is 37.2 Å². The van der Waals surface area contributed by atoms with Crippen LogP contribution in [0.3, 0.4) is 0 Å². The molecule has 25 heavy (non-hydrogen) atoms. The number of likely N-dealkylation sites (tertiary alicyclic amines) is 1. The van der Waals surface area contributed by atoms with Crippen molar-refractivity contribution in [3.8, 4) is 0 Å². The summed E-state index contributed by atoms with van der Waals surface area (Å²) in [7, 11) is -3.25. The van der Waals surface area contributed by atoms with E-state index < -0.39 is 10.0 Å². The quantitative estimate of drug-likeness (QED) is 0.804. The molecule has 2 aliphatic rings. The lowest BCUT2D eigenvalue weighted by molar-refractivity contribution is 0.0758. The fourth-order valence-corrected chi connectivity index (χ4v) is 5.97. The number of carbonyl (C=O) groups is 1. The Hall–Kier alpha value is -1.54. The van der Waals surface area contributed by atoms with Gasteiger partial charge in [-0.15, -0.1) is 0 Å². The molecule has 3 rings (SSSR count). The van der Waals surface area contributed by atoms with E-state index in [9.17, 15) is 13.2 Å². The van der Waals surface area contributed by atoms with Gasteiger partial charge in [0, 0.05) is 26.2 Å². The average molecular weight is 366 g/mol. The van der Waals surface area contributed by atoms with Gasteiger partial charge in [0.2, 0.25) is 10.0 Å². The molecule has 0 aromatic carbocycles. The molecule has 0 aliphatic carbocycles. The van der Waals surface area contributed by atoms with Crippen LogP contribution >= 0.6 is 0 Å². The molecular weight excluding hydrogens is 340 g/mol. The maximum atomic E-state index is 12.8. The highest BCUT2D eigenvalue weighted by atomic mass is 32.2. The van der Waals surface area contributed by atoms with Gasteiger partial charge < -0.3 is 4.90 Å². The molecule has 2 aliphatic heterocycles. The van der Waals surface area contributed by atoms with Crippen LogP contribution in [0.2, 0.25) is 0 Å². The van der Waals surface area contributed by atoms with Crippen LogP contribution in [0.1, 0.15) is 43.5 Å². The number of hydrogen-bond acceptors (Lipinski definition) is 5. The molecule has 2 saturated heterocycles. The summed E-state index contributed by atoms with van der Waals surface area (Å²) in [6.45, 7) is 6.49. The SMILES string of the molecule is CC(C)CCN1C[C@@H]2CCN(C(=O)c3ccnnc3)CC[C@@H]2S1(=O)=O. The minimum Gasteiger partial charge on any atom is -0.339 e. The second-order valence-corrected chi connectivity index (χ2v) is 9.54. The third-order valence-corrected chi connectivity index (χ3v) is 7.67. The van der Waals surface area contributed by atoms with Gasteiger partial charge in [0.1, 0.15) is 0 Å². The minimum absolute atomic E-state index is 0.0936. The molecule has 3 heterocycles. The molecule has 0 radical (unpaired) electrons. The van der Waals surface area contributed by atoms with Gasteiger partial charge in [-0.25, -0.2) is 12.7 Å². The zero-order valence-corrected chi connectivity index (χ0v) is 15.7. The largest absolute Gasteiger partial charge is 0.339 e. The number of sulfonamides is 1. The summed E-state index contributed by atoms with van der Waals surface area (Å²) in [6.07, 6.45) is 5.08. The van der Waals surface area contributed by atoms with E-state index in [1.165, 1.54) is 12.4 Å². The van der Waals surface area contributed by atoms with Gasteiger partial charge in [-0.3, -0.25) is 4.79 Å². The molecule has 0 bridgehead atoms. The standard InChI is InChI=1S/C17H26N4O3S/c1-13(2)4-10-21-12-15-5-8-20(9-6-16(15)25(21,23)24)17(22)14-3-7-18-19-11-14/h3,7,11,13,15-16H,4-6,8-10,12H2,1-2H3/t15-,16-/m0/s1. The molecule has 7 nitrogen and oxygen atoms in total. The number of nitrogens with zero attached hydrogens (tertiary/aromatic N) is 4. The predicted octanol–water partition coefficient (Wildman–Crippen LogP) is 1.39. The van der Waals surface area contributed by atoms with Gasteiger partial charge in [-0.2, -0.15) is 10.2 Å². The molecule has 0 unspecified atom stereocenters. The molecule has 0 saturated carbocycles. The summed E-state index contributed by atoms with van der Waals surface area (Å²) in [5.74, 6) is 0.511. The first kappa shape index (κ1) is 18.3. The lowest BCUT2D eigenvalue weighted by Crippen LogP contribution is -2.35. The number of fused-ring (bicyclic) bond motifs is 1. The Morgan fingerprint density at radius 1 is 1.28 bits per heavy atom. The van der Waals surface area contributed by atoms with Crippen LogP contribution in [0.25, 0.3) is 0 Å². The van der Waals surface area contributed by atoms with Gasteiger partial charge in [0.25, 0.3) is 5.91 Å². The van der Waals surface area contributed by atoms with Gasteiger partial charge >= 0.3 is 0 Å². The number of amides is 1. The molecule has 2 atom stereocenters. The van der Waals surface area contributed by atoms with Crippen molar-refractivity contribution in [2.75, 3.05) is 26.2 Å². The number of carbonyl (C=O) groups excluding carboxylic acids is 1. The Balaban J connectivity index is 1.67. The van der Waals surface area contributed by atoms with Crippen LogP contribution in [0.15, 0.2) is 18.5 Å². The van der Waals surface area contributed by atoms with Crippen molar-refractivity contribution in [3.63, 3.8) is 0 Å². The third kappa shape index (κ3) is 3.84. The highest BCUT2D eigenvalue weighted by Gasteiger charge is 2.46. The monoisotopic (exact) mass is 366 g/mol. The Bertz CT molecular complexity index is 708. The van der Waals surface area contributed by atoms with Crippen molar-refractivity contribution < 1.29 is 13.2 Å². The fraction of sp³-hybridized carbons (Fsp3) is 0.706. The molecular formula is C17H26N4O3S. The van der Waals surface area contributed by atoms with Crippen molar-refractivity contribution in [1.82, 2.24) is 19.4 Å². The highest BCUT2D eigenvalue weighted by molar-refractivity contribution is 7.90. The molecule has 2 fully saturated rings. The van der Waals surface area contributed by atoms with Crippen molar-refractivity contribution in [3.05, 3.63) is 24.0 Å². The Morgan fingerprint density at radius 3 is 2.72 bits per heavy atom. The van der Waals surface area contributed by atoms with Gasteiger partial charge in [0.05, 0.1) is 23.2 Å². The Kier molecular flexibility index (Phi) is 5.38. The average Bonchev–Trinajstić information content (AvgIpc) is 2.74. The summed E-state index contributed by atoms with van der Waals surface area (Å²) in [4.78, 5) is 14.3. The molecule has 8 heteroatoms. The molecule has 1 aromatic heterocycles. The van der Waals surface area contributed by atoms with E-state index in [-0.39, 0.29) is 17.1 Å². The van der Waals surface area contributed by atoms with Crippen LogP contribution < -0.4 is 0 Å². The summed E-state index contributed by atoms with van der Waals surface area (Å²) >= 11 is 0. The number of hydrogen-bond donors (Lipinski definition) is 0. The summed E-state index contributed by atoms with van der Waals surface area (Å²) < 4.78 is 27.4. The molecule has 1 amide bonds. The van der Waals surface area contributed by atoms with Crippen molar-refractivity contribution >= 4 is 15.9 Å².